The Morgan fingerprint density at radius 2 is 2.00 bits per heavy atom. The van der Waals surface area contributed by atoms with Crippen molar-refractivity contribution in [1.82, 2.24) is 14.9 Å². The number of para-hydroxylation sites is 1. The fraction of sp³-hybridized carbons (Fsp3) is 0.273. The van der Waals surface area contributed by atoms with Crippen molar-refractivity contribution in [3.05, 3.63) is 77.4 Å². The highest BCUT2D eigenvalue weighted by Gasteiger charge is 2.19. The van der Waals surface area contributed by atoms with Gasteiger partial charge >= 0.3 is 0 Å². The number of benzene rings is 2. The lowest BCUT2D eigenvalue weighted by molar-refractivity contribution is 0.101. The van der Waals surface area contributed by atoms with E-state index in [-0.39, 0.29) is 12.0 Å². The molecular weight excluding hydrogens is 546 g/mol. The van der Waals surface area contributed by atoms with Crippen LogP contribution < -0.4 is 21.1 Å². The third-order valence-electron chi connectivity index (χ3n) is 8.12. The highest BCUT2D eigenvalue weighted by atomic mass is 32.1. The number of carbonyl (C=O) groups is 1. The molecule has 5 aromatic rings. The topological polar surface area (TPSA) is 114 Å². The number of nitrogen functional groups attached to an aromatic ring is 1. The number of methoxy groups -OCH3 is 1. The Hall–Kier alpha value is -4.18. The van der Waals surface area contributed by atoms with Gasteiger partial charge in [-0.2, -0.15) is 0 Å². The molecule has 0 saturated heterocycles. The summed E-state index contributed by atoms with van der Waals surface area (Å²) >= 11 is 1.63. The number of carbonyl (C=O) groups excluding carboxylic acids is 1. The number of aliphatic hydroxyl groups is 1. The van der Waals surface area contributed by atoms with Gasteiger partial charge in [0.2, 0.25) is 0 Å². The van der Waals surface area contributed by atoms with Crippen molar-refractivity contribution in [2.45, 2.75) is 37.8 Å². The smallest absolute Gasteiger partial charge is 0.272 e. The first-order valence-electron chi connectivity index (χ1n) is 14.2. The van der Waals surface area contributed by atoms with Gasteiger partial charge in [0.25, 0.3) is 5.91 Å². The number of aromatic nitrogens is 2. The van der Waals surface area contributed by atoms with Gasteiger partial charge in [0.1, 0.15) is 17.3 Å². The van der Waals surface area contributed by atoms with Crippen molar-refractivity contribution in [2.24, 2.45) is 7.05 Å². The largest absolute Gasteiger partial charge is 0.495 e. The molecule has 1 saturated carbocycles. The van der Waals surface area contributed by atoms with Crippen molar-refractivity contribution in [3.8, 4) is 16.9 Å². The first kappa shape index (κ1) is 28.0. The minimum atomic E-state index is -0.207. The molecule has 216 valence electrons. The van der Waals surface area contributed by atoms with Crippen molar-refractivity contribution < 1.29 is 14.6 Å². The second-order valence-electron chi connectivity index (χ2n) is 10.8. The zero-order valence-corrected chi connectivity index (χ0v) is 24.6. The normalized spacial score (nSPS) is 17.3. The van der Waals surface area contributed by atoms with E-state index in [9.17, 15) is 9.90 Å². The number of anilines is 2. The van der Waals surface area contributed by atoms with Crippen LogP contribution >= 0.6 is 11.3 Å². The summed E-state index contributed by atoms with van der Waals surface area (Å²) in [6.07, 6.45) is 9.62. The molecule has 9 heteroatoms. The maximum absolute atomic E-state index is 13.2. The first-order chi connectivity index (χ1) is 20.4. The van der Waals surface area contributed by atoms with Crippen LogP contribution in [0.3, 0.4) is 0 Å². The van der Waals surface area contributed by atoms with E-state index in [1.807, 2.05) is 66.3 Å². The van der Waals surface area contributed by atoms with Crippen molar-refractivity contribution in [2.75, 3.05) is 24.7 Å². The number of thiophene rings is 1. The van der Waals surface area contributed by atoms with Crippen LogP contribution in [0.1, 0.15) is 41.7 Å². The number of pyridine rings is 1. The summed E-state index contributed by atoms with van der Waals surface area (Å²) in [7, 11) is 3.49. The van der Waals surface area contributed by atoms with Crippen molar-refractivity contribution >= 4 is 55.8 Å². The van der Waals surface area contributed by atoms with E-state index >= 15 is 0 Å². The molecule has 2 aromatic carbocycles. The highest BCUT2D eigenvalue weighted by Crippen LogP contribution is 2.41. The summed E-state index contributed by atoms with van der Waals surface area (Å²) in [6, 6.07) is 16.0. The van der Waals surface area contributed by atoms with E-state index < -0.39 is 0 Å². The molecule has 0 atom stereocenters. The lowest BCUT2D eigenvalue weighted by atomic mass is 9.93. The molecule has 3 heterocycles. The second-order valence-corrected chi connectivity index (χ2v) is 11.7. The quantitative estimate of drug-likeness (QED) is 0.173. The maximum Gasteiger partial charge on any atom is 0.272 e. The van der Waals surface area contributed by atoms with Crippen LogP contribution in [0.2, 0.25) is 0 Å². The summed E-state index contributed by atoms with van der Waals surface area (Å²) in [4.78, 5) is 17.7. The van der Waals surface area contributed by atoms with Gasteiger partial charge in [-0.25, -0.2) is 4.98 Å². The molecule has 6 rings (SSSR count). The molecule has 1 aliphatic carbocycles. The zero-order valence-electron chi connectivity index (χ0n) is 23.8. The van der Waals surface area contributed by atoms with Crippen LogP contribution in [0.4, 0.5) is 11.5 Å². The van der Waals surface area contributed by atoms with Crippen LogP contribution in [0.15, 0.2) is 66.2 Å². The average molecular weight is 582 g/mol. The van der Waals surface area contributed by atoms with Gasteiger partial charge < -0.3 is 30.8 Å². The number of aryl methyl sites for hydroxylation is 1. The summed E-state index contributed by atoms with van der Waals surface area (Å²) in [5.74, 6) is 0.827. The van der Waals surface area contributed by atoms with E-state index in [0.717, 1.165) is 69.9 Å². The van der Waals surface area contributed by atoms with Crippen LogP contribution in [0, 0.1) is 0 Å². The molecular formula is C33H35N5O3S. The van der Waals surface area contributed by atoms with Crippen molar-refractivity contribution in [1.29, 1.82) is 0 Å². The molecule has 1 fully saturated rings. The number of fused-ring (bicyclic) bond motifs is 2. The number of amides is 1. The van der Waals surface area contributed by atoms with Gasteiger partial charge in [-0.15, -0.1) is 11.3 Å². The number of hydrogen-bond acceptors (Lipinski definition) is 7. The lowest BCUT2D eigenvalue weighted by Gasteiger charge is -2.25. The summed E-state index contributed by atoms with van der Waals surface area (Å²) in [5, 5.41) is 20.3. The predicted octanol–water partition coefficient (Wildman–Crippen LogP) is 6.20. The first-order valence-corrected chi connectivity index (χ1v) is 15.1. The van der Waals surface area contributed by atoms with Crippen LogP contribution in [0.5, 0.6) is 5.75 Å². The number of nitrogens with zero attached hydrogens (tertiary/aromatic N) is 2. The van der Waals surface area contributed by atoms with E-state index in [4.69, 9.17) is 10.5 Å². The van der Waals surface area contributed by atoms with Gasteiger partial charge in [-0.05, 0) is 60.9 Å². The number of rotatable bonds is 8. The molecule has 0 unspecified atom stereocenters. The monoisotopic (exact) mass is 581 g/mol. The van der Waals surface area contributed by atoms with Gasteiger partial charge in [-0.1, -0.05) is 36.4 Å². The number of nitrogens with two attached hydrogens (primary N) is 1. The molecule has 0 radical (unpaired) electrons. The summed E-state index contributed by atoms with van der Waals surface area (Å²) in [5.41, 5.74) is 11.5. The molecule has 1 amide bonds. The van der Waals surface area contributed by atoms with E-state index in [1.54, 1.807) is 18.4 Å². The maximum atomic E-state index is 13.2. The summed E-state index contributed by atoms with van der Waals surface area (Å²) in [6.45, 7) is 0.758. The fourth-order valence-electron chi connectivity index (χ4n) is 5.77. The van der Waals surface area contributed by atoms with E-state index in [1.165, 1.54) is 0 Å². The third-order valence-corrected chi connectivity index (χ3v) is 9.14. The van der Waals surface area contributed by atoms with E-state index in [2.05, 4.69) is 33.1 Å². The predicted molar refractivity (Wildman–Crippen MR) is 172 cm³/mol. The van der Waals surface area contributed by atoms with Gasteiger partial charge in [0, 0.05) is 57.9 Å². The Morgan fingerprint density at radius 1 is 1.19 bits per heavy atom. The minimum absolute atomic E-state index is 0.147. The highest BCUT2D eigenvalue weighted by molar-refractivity contribution is 7.18. The third kappa shape index (κ3) is 5.51. The Morgan fingerprint density at radius 3 is 2.79 bits per heavy atom. The standard InChI is InChI=1S/C33H35N5O3S/c1-38-27-8-4-3-6-21(27)16-28(38)33(40)37-26-14-9-20(17-29(26)41-2)25-19-42-31-22(18-36-32(34)30(25)31)7-5-15-35-23-10-12-24(39)13-11-23/h3-9,14,16-19,23-24,35,39H,10-13,15H2,1-2H3,(H2,34,36)(H,37,40)/b7-5+. The number of aliphatic hydroxyl groups excluding tert-OH is 1. The second kappa shape index (κ2) is 12.0. The molecule has 3 aromatic heterocycles. The fourth-order valence-corrected chi connectivity index (χ4v) is 6.85. The van der Waals surface area contributed by atoms with Gasteiger partial charge in [0.15, 0.2) is 0 Å². The number of nitrogens with one attached hydrogen (secondary N) is 2. The molecule has 0 spiro atoms. The Labute approximate surface area is 248 Å². The number of hydrogen-bond donors (Lipinski definition) is 4. The minimum Gasteiger partial charge on any atom is -0.495 e. The Bertz CT molecular complexity index is 1780. The number of ether oxygens (including phenoxy) is 1. The zero-order chi connectivity index (χ0) is 29.2. The van der Waals surface area contributed by atoms with Gasteiger partial charge in [-0.3, -0.25) is 4.79 Å². The molecule has 0 aliphatic heterocycles. The molecule has 0 bridgehead atoms. The Balaban J connectivity index is 1.22. The average Bonchev–Trinajstić information content (AvgIpc) is 3.60. The van der Waals surface area contributed by atoms with Gasteiger partial charge in [0.05, 0.1) is 18.9 Å². The molecule has 42 heavy (non-hydrogen) atoms. The lowest BCUT2D eigenvalue weighted by Crippen LogP contribution is -2.34. The van der Waals surface area contributed by atoms with Crippen LogP contribution in [-0.4, -0.2) is 46.4 Å². The Kier molecular flexibility index (Phi) is 7.97. The van der Waals surface area contributed by atoms with Crippen molar-refractivity contribution in [3.63, 3.8) is 0 Å². The summed E-state index contributed by atoms with van der Waals surface area (Å²) < 4.78 is 8.66. The SMILES string of the molecule is COc1cc(-c2csc3c(/C=C/CNC4CCC(O)CC4)cnc(N)c23)ccc1NC(=O)c1cc2ccccc2n1C. The van der Waals surface area contributed by atoms with Crippen LogP contribution in [-0.2, 0) is 7.05 Å². The van der Waals surface area contributed by atoms with E-state index in [0.29, 0.717) is 29.0 Å². The molecule has 1 aliphatic rings. The molecule has 5 N–H and O–H groups in total. The van der Waals surface area contributed by atoms with Crippen LogP contribution in [0.25, 0.3) is 38.2 Å². The molecule has 8 nitrogen and oxygen atoms in total.